The summed E-state index contributed by atoms with van der Waals surface area (Å²) in [6, 6.07) is 47.7. The van der Waals surface area contributed by atoms with E-state index in [1.165, 1.54) is 65.8 Å². The van der Waals surface area contributed by atoms with Gasteiger partial charge in [0.15, 0.2) is 0 Å². The fourth-order valence-corrected chi connectivity index (χ4v) is 7.00. The van der Waals surface area contributed by atoms with Crippen molar-refractivity contribution in [3.8, 4) is 17.1 Å². The molecule has 3 heterocycles. The van der Waals surface area contributed by atoms with Gasteiger partial charge in [0, 0.05) is 38.4 Å². The van der Waals surface area contributed by atoms with E-state index in [1.807, 2.05) is 18.2 Å². The highest BCUT2D eigenvalue weighted by molar-refractivity contribution is 6.85. The lowest BCUT2D eigenvalue weighted by Gasteiger charge is -2.29. The van der Waals surface area contributed by atoms with Crippen LogP contribution < -0.4 is 15.6 Å². The molecule has 0 unspecified atom stereocenters. The van der Waals surface area contributed by atoms with Gasteiger partial charge in [-0.25, -0.2) is 0 Å². The Balaban J connectivity index is 1.47. The van der Waals surface area contributed by atoms with Crippen molar-refractivity contribution in [3.63, 3.8) is 0 Å². The minimum Gasteiger partial charge on any atom is -0.551 e. The van der Waals surface area contributed by atoms with E-state index in [-0.39, 0.29) is 6.92 Å². The number of hydrogen-bond acceptors (Lipinski definition) is 1. The van der Waals surface area contributed by atoms with Crippen LogP contribution >= 0.6 is 0 Å². The molecule has 6 aromatic carbocycles. The van der Waals surface area contributed by atoms with Gasteiger partial charge >= 0.3 is 6.92 Å². The predicted molar refractivity (Wildman–Crippen MR) is 172 cm³/mol. The first-order chi connectivity index (χ1) is 20.3. The normalized spacial score (nSPS) is 12.5. The van der Waals surface area contributed by atoms with E-state index in [2.05, 4.69) is 131 Å². The van der Waals surface area contributed by atoms with Gasteiger partial charge < -0.3 is 13.8 Å². The average Bonchev–Trinajstić information content (AvgIpc) is 3.53. The second-order valence-electron chi connectivity index (χ2n) is 11.0. The van der Waals surface area contributed by atoms with Gasteiger partial charge in [-0.2, -0.15) is 0 Å². The second kappa shape index (κ2) is 8.39. The Morgan fingerprint density at radius 1 is 0.512 bits per heavy atom. The smallest absolute Gasteiger partial charge is 0.432 e. The number of aryl methyl sites for hydroxylation is 1. The standard InChI is InChI=1S/C37H25BN2O/c1-24-22-34(39-31-19-8-5-14-26(31)27-15-6-9-20-32(27)39)36-35(23-24)40-33-21-10-7-16-28(33)29-17-11-18-30(37(29)40)38(36)41-25-12-3-2-4-13-25/h2-23H,1H3. The van der Waals surface area contributed by atoms with Crippen LogP contribution in [-0.4, -0.2) is 16.0 Å². The first-order valence-corrected chi connectivity index (χ1v) is 14.2. The molecule has 0 atom stereocenters. The largest absolute Gasteiger partial charge is 0.551 e. The average molecular weight is 524 g/mol. The van der Waals surface area contributed by atoms with Crippen LogP contribution in [0.15, 0.2) is 133 Å². The SMILES string of the molecule is Cc1cc(-n2c3ccccc3c3ccccc32)c2c(c1)-n1c3ccccc3c3cccc(c31)B2Oc1ccccc1. The van der Waals surface area contributed by atoms with Gasteiger partial charge in [0.05, 0.1) is 27.8 Å². The molecule has 41 heavy (non-hydrogen) atoms. The molecule has 4 heteroatoms. The number of fused-ring (bicyclic) bond motifs is 8. The van der Waals surface area contributed by atoms with Crippen molar-refractivity contribution >= 4 is 61.5 Å². The molecule has 0 N–H and O–H groups in total. The third-order valence-electron chi connectivity index (χ3n) is 8.61. The van der Waals surface area contributed by atoms with Crippen molar-refractivity contribution in [1.29, 1.82) is 0 Å². The van der Waals surface area contributed by atoms with Crippen molar-refractivity contribution in [2.75, 3.05) is 0 Å². The second-order valence-corrected chi connectivity index (χ2v) is 11.0. The molecular formula is C37H25BN2O. The number of para-hydroxylation sites is 5. The molecule has 0 bridgehead atoms. The number of benzene rings is 6. The van der Waals surface area contributed by atoms with E-state index in [0.29, 0.717) is 0 Å². The predicted octanol–water partition coefficient (Wildman–Crippen LogP) is 7.69. The third kappa shape index (κ3) is 3.10. The molecule has 0 saturated carbocycles. The van der Waals surface area contributed by atoms with E-state index < -0.39 is 0 Å². The van der Waals surface area contributed by atoms with Gasteiger partial charge in [-0.05, 0) is 60.4 Å². The van der Waals surface area contributed by atoms with Crippen LogP contribution in [0.25, 0.3) is 55.0 Å². The molecule has 0 aliphatic carbocycles. The Morgan fingerprint density at radius 2 is 1.02 bits per heavy atom. The van der Waals surface area contributed by atoms with Crippen molar-refractivity contribution in [2.24, 2.45) is 0 Å². The molecule has 8 aromatic rings. The summed E-state index contributed by atoms with van der Waals surface area (Å²) >= 11 is 0. The molecular weight excluding hydrogens is 499 g/mol. The summed E-state index contributed by atoms with van der Waals surface area (Å²) in [7, 11) is 0. The van der Waals surface area contributed by atoms with Gasteiger partial charge in [0.25, 0.3) is 0 Å². The number of rotatable bonds is 3. The summed E-state index contributed by atoms with van der Waals surface area (Å²) in [5.74, 6) is 0.860. The van der Waals surface area contributed by atoms with Crippen LogP contribution in [0.3, 0.4) is 0 Å². The Bertz CT molecular complexity index is 2260. The molecule has 1 aliphatic heterocycles. The fourth-order valence-electron chi connectivity index (χ4n) is 7.00. The first kappa shape index (κ1) is 22.6. The molecule has 1 aliphatic rings. The molecule has 9 rings (SSSR count). The summed E-state index contributed by atoms with van der Waals surface area (Å²) in [5.41, 5.74) is 10.7. The molecule has 0 radical (unpaired) electrons. The van der Waals surface area contributed by atoms with Crippen LogP contribution in [0.4, 0.5) is 0 Å². The van der Waals surface area contributed by atoms with E-state index in [4.69, 9.17) is 4.65 Å². The number of hydrogen-bond donors (Lipinski definition) is 0. The summed E-state index contributed by atoms with van der Waals surface area (Å²) in [6.07, 6.45) is 0. The van der Waals surface area contributed by atoms with Gasteiger partial charge in [-0.15, -0.1) is 0 Å². The van der Waals surface area contributed by atoms with Gasteiger partial charge in [0.1, 0.15) is 0 Å². The quantitative estimate of drug-likeness (QED) is 0.217. The Kier molecular flexibility index (Phi) is 4.62. The van der Waals surface area contributed by atoms with Crippen molar-refractivity contribution in [2.45, 2.75) is 6.92 Å². The van der Waals surface area contributed by atoms with Crippen LogP contribution in [0.5, 0.6) is 5.75 Å². The highest BCUT2D eigenvalue weighted by Gasteiger charge is 2.38. The number of nitrogens with zero attached hydrogens (tertiary/aromatic N) is 2. The van der Waals surface area contributed by atoms with Crippen LogP contribution in [-0.2, 0) is 0 Å². The zero-order valence-electron chi connectivity index (χ0n) is 22.6. The lowest BCUT2D eigenvalue weighted by Crippen LogP contribution is -2.53. The van der Waals surface area contributed by atoms with E-state index in [1.54, 1.807) is 0 Å². The Morgan fingerprint density at radius 3 is 1.68 bits per heavy atom. The monoisotopic (exact) mass is 524 g/mol. The maximum absolute atomic E-state index is 7.00. The van der Waals surface area contributed by atoms with Gasteiger partial charge in [-0.3, -0.25) is 0 Å². The highest BCUT2D eigenvalue weighted by Crippen LogP contribution is 2.37. The summed E-state index contributed by atoms with van der Waals surface area (Å²) < 4.78 is 11.9. The van der Waals surface area contributed by atoms with E-state index in [0.717, 1.165) is 11.4 Å². The fraction of sp³-hybridized carbons (Fsp3) is 0.0270. The van der Waals surface area contributed by atoms with E-state index in [9.17, 15) is 0 Å². The van der Waals surface area contributed by atoms with Crippen molar-refractivity contribution in [3.05, 3.63) is 139 Å². The molecule has 2 aromatic heterocycles. The summed E-state index contributed by atoms with van der Waals surface area (Å²) in [5, 5.41) is 5.02. The lowest BCUT2D eigenvalue weighted by molar-refractivity contribution is 0.591. The minimum absolute atomic E-state index is 0.288. The third-order valence-corrected chi connectivity index (χ3v) is 8.61. The Hall–Kier alpha value is -5.22. The molecule has 0 saturated heterocycles. The molecule has 192 valence electrons. The topological polar surface area (TPSA) is 19.1 Å². The first-order valence-electron chi connectivity index (χ1n) is 14.2. The maximum Gasteiger partial charge on any atom is 0.432 e. The van der Waals surface area contributed by atoms with Crippen molar-refractivity contribution in [1.82, 2.24) is 9.13 Å². The summed E-state index contributed by atoms with van der Waals surface area (Å²) in [4.78, 5) is 0. The van der Waals surface area contributed by atoms with E-state index >= 15 is 0 Å². The zero-order valence-corrected chi connectivity index (χ0v) is 22.6. The van der Waals surface area contributed by atoms with Gasteiger partial charge in [0.2, 0.25) is 0 Å². The highest BCUT2D eigenvalue weighted by atomic mass is 16.4. The Labute approximate surface area is 237 Å². The lowest BCUT2D eigenvalue weighted by atomic mass is 9.52. The maximum atomic E-state index is 7.00. The molecule has 0 spiro atoms. The molecule has 3 nitrogen and oxygen atoms in total. The molecule has 0 fully saturated rings. The molecule has 0 amide bonds. The summed E-state index contributed by atoms with van der Waals surface area (Å²) in [6.45, 7) is 1.91. The zero-order chi connectivity index (χ0) is 27.1. The van der Waals surface area contributed by atoms with Crippen LogP contribution in [0, 0.1) is 6.92 Å². The number of aromatic nitrogens is 2. The van der Waals surface area contributed by atoms with Crippen LogP contribution in [0.1, 0.15) is 5.56 Å². The van der Waals surface area contributed by atoms with Gasteiger partial charge in [-0.1, -0.05) is 91.0 Å². The van der Waals surface area contributed by atoms with Crippen LogP contribution in [0.2, 0.25) is 0 Å². The van der Waals surface area contributed by atoms with Crippen molar-refractivity contribution < 1.29 is 4.65 Å². The minimum atomic E-state index is -0.288.